The Morgan fingerprint density at radius 1 is 0.972 bits per heavy atom. The minimum absolute atomic E-state index is 0.0775. The molecule has 0 fully saturated rings. The van der Waals surface area contributed by atoms with E-state index in [2.05, 4.69) is 29.2 Å². The number of halogens is 2. The van der Waals surface area contributed by atoms with Crippen molar-refractivity contribution >= 4 is 17.3 Å². The standard InChI is InChI=1S/C28H28F2N4O2/c1-4-33(5-2)24-14-15-25(19(3)16-24)31-28(35)27-26(36-18-20-6-8-21(29)9-7-20)17-34(32-27)23-12-10-22(30)11-13-23/h6-17H,4-5,18H2,1-3H3,(H,31,35). The van der Waals surface area contributed by atoms with Crippen molar-refractivity contribution in [3.05, 3.63) is 101 Å². The Morgan fingerprint density at radius 2 is 1.61 bits per heavy atom. The van der Waals surface area contributed by atoms with Gasteiger partial charge < -0.3 is 15.0 Å². The first-order valence-electron chi connectivity index (χ1n) is 11.8. The largest absolute Gasteiger partial charge is 0.485 e. The van der Waals surface area contributed by atoms with Gasteiger partial charge in [0.1, 0.15) is 18.2 Å². The summed E-state index contributed by atoms with van der Waals surface area (Å²) in [6.07, 6.45) is 1.57. The number of rotatable bonds is 9. The third kappa shape index (κ3) is 5.71. The van der Waals surface area contributed by atoms with Gasteiger partial charge in [0.05, 0.1) is 11.9 Å². The number of carbonyl (C=O) groups excluding carboxylic acids is 1. The molecule has 0 atom stereocenters. The van der Waals surface area contributed by atoms with E-state index in [-0.39, 0.29) is 29.7 Å². The van der Waals surface area contributed by atoms with Crippen LogP contribution in [0, 0.1) is 18.6 Å². The van der Waals surface area contributed by atoms with E-state index in [1.807, 2.05) is 25.1 Å². The Hall–Kier alpha value is -4.20. The highest BCUT2D eigenvalue weighted by Gasteiger charge is 2.20. The van der Waals surface area contributed by atoms with Gasteiger partial charge in [0.25, 0.3) is 5.91 Å². The fourth-order valence-corrected chi connectivity index (χ4v) is 3.84. The summed E-state index contributed by atoms with van der Waals surface area (Å²) in [5.41, 5.74) is 4.05. The number of amides is 1. The molecule has 1 N–H and O–H groups in total. The molecule has 4 aromatic rings. The number of aryl methyl sites for hydroxylation is 1. The van der Waals surface area contributed by atoms with Crippen LogP contribution in [0.2, 0.25) is 0 Å². The normalized spacial score (nSPS) is 10.8. The van der Waals surface area contributed by atoms with E-state index < -0.39 is 5.91 Å². The van der Waals surface area contributed by atoms with Crippen molar-refractivity contribution in [1.29, 1.82) is 0 Å². The molecule has 0 aliphatic rings. The van der Waals surface area contributed by atoms with Crippen LogP contribution in [-0.4, -0.2) is 28.8 Å². The van der Waals surface area contributed by atoms with Gasteiger partial charge in [-0.1, -0.05) is 12.1 Å². The second-order valence-electron chi connectivity index (χ2n) is 8.30. The molecule has 186 valence electrons. The molecule has 0 aliphatic heterocycles. The average molecular weight is 491 g/mol. The van der Waals surface area contributed by atoms with E-state index in [0.717, 1.165) is 29.9 Å². The quantitative estimate of drug-likeness (QED) is 0.306. The molecule has 4 rings (SSSR count). The lowest BCUT2D eigenvalue weighted by Gasteiger charge is -2.22. The van der Waals surface area contributed by atoms with Crippen LogP contribution in [-0.2, 0) is 6.61 Å². The van der Waals surface area contributed by atoms with Crippen molar-refractivity contribution < 1.29 is 18.3 Å². The fourth-order valence-electron chi connectivity index (χ4n) is 3.84. The highest BCUT2D eigenvalue weighted by Crippen LogP contribution is 2.26. The summed E-state index contributed by atoms with van der Waals surface area (Å²) in [6.45, 7) is 8.02. The molecule has 0 saturated heterocycles. The Kier molecular flexibility index (Phi) is 7.63. The minimum atomic E-state index is -0.441. The zero-order chi connectivity index (χ0) is 25.7. The summed E-state index contributed by atoms with van der Waals surface area (Å²) in [5, 5.41) is 7.35. The van der Waals surface area contributed by atoms with Crippen LogP contribution in [0.15, 0.2) is 72.9 Å². The van der Waals surface area contributed by atoms with Crippen LogP contribution in [0.4, 0.5) is 20.2 Å². The number of nitrogens with zero attached hydrogens (tertiary/aromatic N) is 3. The number of ether oxygens (including phenoxy) is 1. The van der Waals surface area contributed by atoms with Crippen LogP contribution >= 0.6 is 0 Å². The second-order valence-corrected chi connectivity index (χ2v) is 8.30. The first kappa shape index (κ1) is 24.9. The Labute approximate surface area is 209 Å². The summed E-state index contributed by atoms with van der Waals surface area (Å²) in [4.78, 5) is 15.5. The first-order valence-corrected chi connectivity index (χ1v) is 11.8. The summed E-state index contributed by atoms with van der Waals surface area (Å²) >= 11 is 0. The molecule has 0 radical (unpaired) electrons. The van der Waals surface area contributed by atoms with Crippen LogP contribution in [0.25, 0.3) is 5.69 Å². The predicted molar refractivity (Wildman–Crippen MR) is 137 cm³/mol. The van der Waals surface area contributed by atoms with E-state index in [1.165, 1.54) is 28.9 Å². The average Bonchev–Trinajstić information content (AvgIpc) is 3.31. The van der Waals surface area contributed by atoms with Gasteiger partial charge in [-0.05, 0) is 86.5 Å². The maximum absolute atomic E-state index is 13.4. The zero-order valence-corrected chi connectivity index (χ0v) is 20.5. The van der Waals surface area contributed by atoms with Crippen LogP contribution in [0.1, 0.15) is 35.5 Å². The molecule has 1 amide bonds. The summed E-state index contributed by atoms with van der Waals surface area (Å²) < 4.78 is 34.0. The number of anilines is 2. The Morgan fingerprint density at radius 3 is 2.22 bits per heavy atom. The molecule has 3 aromatic carbocycles. The third-order valence-electron chi connectivity index (χ3n) is 5.88. The molecule has 0 spiro atoms. The van der Waals surface area contributed by atoms with Gasteiger partial charge in [0, 0.05) is 24.5 Å². The lowest BCUT2D eigenvalue weighted by atomic mass is 10.1. The molecule has 8 heteroatoms. The van der Waals surface area contributed by atoms with E-state index in [0.29, 0.717) is 11.4 Å². The smallest absolute Gasteiger partial charge is 0.280 e. The van der Waals surface area contributed by atoms with Crippen molar-refractivity contribution in [3.8, 4) is 11.4 Å². The van der Waals surface area contributed by atoms with Crippen molar-refractivity contribution in [2.24, 2.45) is 0 Å². The number of hydrogen-bond donors (Lipinski definition) is 1. The molecule has 0 saturated carbocycles. The number of aromatic nitrogens is 2. The second kappa shape index (κ2) is 11.0. The van der Waals surface area contributed by atoms with E-state index in [4.69, 9.17) is 4.74 Å². The van der Waals surface area contributed by atoms with Gasteiger partial charge >= 0.3 is 0 Å². The van der Waals surface area contributed by atoms with Crippen molar-refractivity contribution in [1.82, 2.24) is 9.78 Å². The lowest BCUT2D eigenvalue weighted by molar-refractivity contribution is 0.101. The third-order valence-corrected chi connectivity index (χ3v) is 5.88. The maximum Gasteiger partial charge on any atom is 0.280 e. The molecule has 1 aromatic heterocycles. The first-order chi connectivity index (χ1) is 17.4. The summed E-state index contributed by atoms with van der Waals surface area (Å²) in [5.74, 6) is -0.909. The molecular weight excluding hydrogens is 462 g/mol. The molecule has 36 heavy (non-hydrogen) atoms. The predicted octanol–water partition coefficient (Wildman–Crippen LogP) is 6.14. The molecule has 0 unspecified atom stereocenters. The molecule has 1 heterocycles. The zero-order valence-electron chi connectivity index (χ0n) is 20.5. The Bertz CT molecular complexity index is 1330. The SMILES string of the molecule is CCN(CC)c1ccc(NC(=O)c2nn(-c3ccc(F)cc3)cc2OCc2ccc(F)cc2)c(C)c1. The number of nitrogens with one attached hydrogen (secondary N) is 1. The Balaban J connectivity index is 1.61. The van der Waals surface area contributed by atoms with Gasteiger partial charge in [-0.25, -0.2) is 13.5 Å². The topological polar surface area (TPSA) is 59.4 Å². The number of benzene rings is 3. The minimum Gasteiger partial charge on any atom is -0.485 e. The van der Waals surface area contributed by atoms with Crippen molar-refractivity contribution in [2.45, 2.75) is 27.4 Å². The molecule has 0 bridgehead atoms. The van der Waals surface area contributed by atoms with Crippen molar-refractivity contribution in [2.75, 3.05) is 23.3 Å². The number of carbonyl (C=O) groups is 1. The van der Waals surface area contributed by atoms with Gasteiger partial charge in [0.15, 0.2) is 11.4 Å². The molecular formula is C28H28F2N4O2. The van der Waals surface area contributed by atoms with Crippen LogP contribution < -0.4 is 15.0 Å². The highest BCUT2D eigenvalue weighted by molar-refractivity contribution is 6.05. The lowest BCUT2D eigenvalue weighted by Crippen LogP contribution is -2.22. The van der Waals surface area contributed by atoms with E-state index in [1.54, 1.807) is 30.5 Å². The summed E-state index contributed by atoms with van der Waals surface area (Å²) in [7, 11) is 0. The van der Waals surface area contributed by atoms with Gasteiger partial charge in [-0.15, -0.1) is 0 Å². The van der Waals surface area contributed by atoms with Gasteiger partial charge in [-0.2, -0.15) is 5.10 Å². The highest BCUT2D eigenvalue weighted by atomic mass is 19.1. The van der Waals surface area contributed by atoms with E-state index >= 15 is 0 Å². The van der Waals surface area contributed by atoms with Crippen molar-refractivity contribution in [3.63, 3.8) is 0 Å². The number of hydrogen-bond acceptors (Lipinski definition) is 4. The molecule has 6 nitrogen and oxygen atoms in total. The van der Waals surface area contributed by atoms with Crippen LogP contribution in [0.5, 0.6) is 5.75 Å². The monoisotopic (exact) mass is 490 g/mol. The van der Waals surface area contributed by atoms with Crippen LogP contribution in [0.3, 0.4) is 0 Å². The maximum atomic E-state index is 13.4. The van der Waals surface area contributed by atoms with E-state index in [9.17, 15) is 13.6 Å². The fraction of sp³-hybridized carbons (Fsp3) is 0.214. The van der Waals surface area contributed by atoms with Gasteiger partial charge in [-0.3, -0.25) is 4.79 Å². The molecule has 0 aliphatic carbocycles. The van der Waals surface area contributed by atoms with Gasteiger partial charge in [0.2, 0.25) is 0 Å². The summed E-state index contributed by atoms with van der Waals surface area (Å²) in [6, 6.07) is 17.5.